The van der Waals surface area contributed by atoms with Crippen LogP contribution in [-0.4, -0.2) is 44.5 Å². The molecule has 11 heteroatoms. The van der Waals surface area contributed by atoms with Gasteiger partial charge in [-0.3, -0.25) is 9.79 Å². The number of nitrogens with zero attached hydrogens (tertiary/aromatic N) is 5. The number of rotatable bonds is 6. The van der Waals surface area contributed by atoms with E-state index in [9.17, 15) is 10.1 Å². The SMILES string of the molecule is C#CCOc1cnc(C(=O)Nc2cnc(OC)c([C@@]3(C)N=C(N)S[C@@]4(C#N)C[C@H]43)c2)cn1. The number of thioether (sulfide) groups is 1. The number of aliphatic imine (C=N–C) groups is 1. The molecule has 1 aliphatic carbocycles. The number of carbonyl (C=O) groups excluding carboxylic acids is 1. The maximum atomic E-state index is 12.6. The van der Waals surface area contributed by atoms with Crippen molar-refractivity contribution in [3.63, 3.8) is 0 Å². The number of carbonyl (C=O) groups is 1. The summed E-state index contributed by atoms with van der Waals surface area (Å²) in [7, 11) is 1.50. The molecule has 4 rings (SSSR count). The van der Waals surface area contributed by atoms with Gasteiger partial charge in [-0.2, -0.15) is 5.26 Å². The van der Waals surface area contributed by atoms with E-state index in [2.05, 4.69) is 37.3 Å². The molecule has 0 saturated heterocycles. The van der Waals surface area contributed by atoms with Crippen molar-refractivity contribution < 1.29 is 14.3 Å². The number of anilines is 1. The van der Waals surface area contributed by atoms with E-state index in [1.807, 2.05) is 6.92 Å². The van der Waals surface area contributed by atoms with Crippen LogP contribution in [0.5, 0.6) is 11.8 Å². The lowest BCUT2D eigenvalue weighted by atomic mass is 9.86. The molecule has 0 radical (unpaired) electrons. The van der Waals surface area contributed by atoms with E-state index in [-0.39, 0.29) is 24.1 Å². The van der Waals surface area contributed by atoms with Gasteiger partial charge in [-0.25, -0.2) is 15.0 Å². The average molecular weight is 449 g/mol. The largest absolute Gasteiger partial charge is 0.481 e. The van der Waals surface area contributed by atoms with Gasteiger partial charge in [0, 0.05) is 11.5 Å². The zero-order valence-corrected chi connectivity index (χ0v) is 18.1. The number of hydrogen-bond acceptors (Lipinski definition) is 10. The van der Waals surface area contributed by atoms with Crippen LogP contribution in [0.15, 0.2) is 29.6 Å². The van der Waals surface area contributed by atoms with Crippen LogP contribution in [0, 0.1) is 29.6 Å². The van der Waals surface area contributed by atoms with Gasteiger partial charge in [-0.05, 0) is 19.4 Å². The van der Waals surface area contributed by atoms with Crippen molar-refractivity contribution in [2.45, 2.75) is 23.6 Å². The van der Waals surface area contributed by atoms with Crippen LogP contribution in [0.1, 0.15) is 29.4 Å². The quantitative estimate of drug-likeness (QED) is 0.628. The third-order valence-electron chi connectivity index (χ3n) is 5.42. The highest BCUT2D eigenvalue weighted by Crippen LogP contribution is 2.66. The third kappa shape index (κ3) is 3.67. The Morgan fingerprint density at radius 3 is 2.88 bits per heavy atom. The number of nitriles is 1. The van der Waals surface area contributed by atoms with Gasteiger partial charge in [-0.1, -0.05) is 17.7 Å². The van der Waals surface area contributed by atoms with Gasteiger partial charge >= 0.3 is 0 Å². The number of aromatic nitrogens is 3. The van der Waals surface area contributed by atoms with Crippen LogP contribution in [0.3, 0.4) is 0 Å². The van der Waals surface area contributed by atoms with Crippen molar-refractivity contribution in [2.75, 3.05) is 19.0 Å². The standard InChI is InChI=1S/C21H19N7O3S/c1-4-5-31-16-10-24-14(9-25-16)17(29)27-12-6-13(18(30-3)26-8-12)20(2)15-7-21(15,11-22)32-19(23)28-20/h1,6,8-10,15H,5,7H2,2-3H3,(H2,23,28)(H,27,29)/t15-,20+,21+/m0/s1. The number of amides is 1. The normalized spacial score (nSPS) is 25.4. The van der Waals surface area contributed by atoms with Gasteiger partial charge in [0.1, 0.15) is 10.4 Å². The molecule has 2 aromatic rings. The molecule has 0 bridgehead atoms. The minimum atomic E-state index is -0.819. The Balaban J connectivity index is 1.61. The fourth-order valence-corrected chi connectivity index (χ4v) is 5.06. The number of ether oxygens (including phenoxy) is 2. The molecular formula is C21H19N7O3S. The molecule has 1 fully saturated rings. The first kappa shape index (κ1) is 21.4. The molecule has 0 aromatic carbocycles. The Hall–Kier alpha value is -3.83. The van der Waals surface area contributed by atoms with Gasteiger partial charge in [0.25, 0.3) is 5.91 Å². The number of nitrogens with two attached hydrogens (primary N) is 1. The highest BCUT2D eigenvalue weighted by atomic mass is 32.2. The minimum Gasteiger partial charge on any atom is -0.481 e. The summed E-state index contributed by atoms with van der Waals surface area (Å²) in [5.41, 5.74) is 6.36. The maximum Gasteiger partial charge on any atom is 0.275 e. The molecule has 10 nitrogen and oxygen atoms in total. The van der Waals surface area contributed by atoms with E-state index in [1.54, 1.807) is 6.07 Å². The Morgan fingerprint density at radius 1 is 1.41 bits per heavy atom. The molecule has 2 aliphatic rings. The number of hydrogen-bond donors (Lipinski definition) is 2. The smallest absolute Gasteiger partial charge is 0.275 e. The number of fused-ring (bicyclic) bond motifs is 1. The predicted octanol–water partition coefficient (Wildman–Crippen LogP) is 1.70. The lowest BCUT2D eigenvalue weighted by Gasteiger charge is -2.32. The van der Waals surface area contributed by atoms with Crippen molar-refractivity contribution in [3.05, 3.63) is 35.9 Å². The summed E-state index contributed by atoms with van der Waals surface area (Å²) >= 11 is 1.29. The van der Waals surface area contributed by atoms with Crippen LogP contribution in [0.25, 0.3) is 0 Å². The second kappa shape index (κ2) is 8.02. The summed E-state index contributed by atoms with van der Waals surface area (Å²) in [6.07, 6.45) is 9.86. The summed E-state index contributed by atoms with van der Waals surface area (Å²) in [6, 6.07) is 4.10. The second-order valence-corrected chi connectivity index (χ2v) is 8.78. The number of terminal acetylenes is 1. The Bertz CT molecular complexity index is 1190. The van der Waals surface area contributed by atoms with Crippen molar-refractivity contribution in [1.29, 1.82) is 5.26 Å². The first-order chi connectivity index (χ1) is 15.3. The van der Waals surface area contributed by atoms with Gasteiger partial charge in [0.2, 0.25) is 11.8 Å². The van der Waals surface area contributed by atoms with Gasteiger partial charge in [-0.15, -0.1) is 6.42 Å². The van der Waals surface area contributed by atoms with E-state index in [0.717, 1.165) is 0 Å². The first-order valence-corrected chi connectivity index (χ1v) is 10.4. The monoisotopic (exact) mass is 449 g/mol. The van der Waals surface area contributed by atoms with Gasteiger partial charge in [0.05, 0.1) is 43.0 Å². The molecule has 0 unspecified atom stereocenters. The third-order valence-corrected chi connectivity index (χ3v) is 6.63. The van der Waals surface area contributed by atoms with Crippen LogP contribution in [-0.2, 0) is 5.54 Å². The van der Waals surface area contributed by atoms with Crippen LogP contribution >= 0.6 is 11.8 Å². The van der Waals surface area contributed by atoms with Gasteiger partial charge < -0.3 is 20.5 Å². The van der Waals surface area contributed by atoms with E-state index < -0.39 is 16.2 Å². The van der Waals surface area contributed by atoms with E-state index in [1.165, 1.54) is 37.5 Å². The Labute approximate surface area is 188 Å². The number of nitrogens with one attached hydrogen (secondary N) is 1. The summed E-state index contributed by atoms with van der Waals surface area (Å²) < 4.78 is 10.00. The maximum absolute atomic E-state index is 12.6. The highest BCUT2D eigenvalue weighted by Gasteiger charge is 2.67. The predicted molar refractivity (Wildman–Crippen MR) is 118 cm³/mol. The summed E-state index contributed by atoms with van der Waals surface area (Å²) in [5, 5.41) is 12.7. The fraction of sp³-hybridized carbons (Fsp3) is 0.333. The molecule has 1 aliphatic heterocycles. The molecule has 3 atom stereocenters. The summed E-state index contributed by atoms with van der Waals surface area (Å²) in [6.45, 7) is 1.95. The molecule has 32 heavy (non-hydrogen) atoms. The summed E-state index contributed by atoms with van der Waals surface area (Å²) in [4.78, 5) is 29.7. The zero-order chi connectivity index (χ0) is 22.9. The van der Waals surface area contributed by atoms with Crippen molar-refractivity contribution in [1.82, 2.24) is 15.0 Å². The molecule has 0 spiro atoms. The van der Waals surface area contributed by atoms with Crippen molar-refractivity contribution in [3.8, 4) is 30.2 Å². The number of amidine groups is 1. The molecule has 162 valence electrons. The van der Waals surface area contributed by atoms with E-state index in [4.69, 9.17) is 21.6 Å². The van der Waals surface area contributed by atoms with Crippen molar-refractivity contribution in [2.24, 2.45) is 16.6 Å². The Morgan fingerprint density at radius 2 is 2.22 bits per heavy atom. The fourth-order valence-electron chi connectivity index (χ4n) is 3.78. The van der Waals surface area contributed by atoms with Crippen LogP contribution < -0.4 is 20.5 Å². The molecule has 3 heterocycles. The van der Waals surface area contributed by atoms with Crippen LogP contribution in [0.4, 0.5) is 5.69 Å². The zero-order valence-electron chi connectivity index (χ0n) is 17.3. The number of pyridine rings is 1. The molecule has 2 aromatic heterocycles. The molecular weight excluding hydrogens is 430 g/mol. The van der Waals surface area contributed by atoms with Gasteiger partial charge in [0.15, 0.2) is 11.8 Å². The number of methoxy groups -OCH3 is 1. The average Bonchev–Trinajstić information content (AvgIpc) is 3.54. The Kier molecular flexibility index (Phi) is 5.36. The molecule has 1 amide bonds. The molecule has 1 saturated carbocycles. The van der Waals surface area contributed by atoms with E-state index in [0.29, 0.717) is 28.7 Å². The topological polar surface area (TPSA) is 148 Å². The second-order valence-electron chi connectivity index (χ2n) is 7.43. The first-order valence-electron chi connectivity index (χ1n) is 9.55. The highest BCUT2D eigenvalue weighted by molar-refractivity contribution is 8.15. The minimum absolute atomic E-state index is 0.0544. The molecule has 3 N–H and O–H groups in total. The lowest BCUT2D eigenvalue weighted by Crippen LogP contribution is -2.35. The summed E-state index contributed by atoms with van der Waals surface area (Å²) in [5.74, 6) is 2.35. The lowest BCUT2D eigenvalue weighted by molar-refractivity contribution is 0.102. The van der Waals surface area contributed by atoms with E-state index >= 15 is 0 Å². The van der Waals surface area contributed by atoms with Crippen LogP contribution in [0.2, 0.25) is 0 Å². The van der Waals surface area contributed by atoms with Crippen molar-refractivity contribution >= 4 is 28.5 Å².